The number of rotatable bonds is 3. The molecule has 2 aromatic heterocycles. The SMILES string of the molecule is N#Cc1cccc(-c2nn(CC(=O)N3CCCc4c3ccc3c4OC(F)(F)O3)c(=O)c3nc[nH]c23)c1. The summed E-state index contributed by atoms with van der Waals surface area (Å²) in [4.78, 5) is 34.9. The molecular formula is C24H16F2N6O4. The van der Waals surface area contributed by atoms with Gasteiger partial charge < -0.3 is 19.4 Å². The first kappa shape index (κ1) is 21.7. The van der Waals surface area contributed by atoms with E-state index >= 15 is 0 Å². The van der Waals surface area contributed by atoms with Gasteiger partial charge in [0.2, 0.25) is 5.91 Å². The van der Waals surface area contributed by atoms with E-state index in [1.165, 1.54) is 23.4 Å². The Morgan fingerprint density at radius 1 is 1.25 bits per heavy atom. The number of hydrogen-bond acceptors (Lipinski definition) is 7. The Labute approximate surface area is 201 Å². The first-order chi connectivity index (χ1) is 17.3. The van der Waals surface area contributed by atoms with Crippen LogP contribution >= 0.6 is 0 Å². The average Bonchev–Trinajstić information content (AvgIpc) is 3.49. The molecule has 0 radical (unpaired) electrons. The summed E-state index contributed by atoms with van der Waals surface area (Å²) in [5.41, 5.74) is 2.12. The van der Waals surface area contributed by atoms with Gasteiger partial charge in [-0.2, -0.15) is 10.4 Å². The van der Waals surface area contributed by atoms with Gasteiger partial charge in [0, 0.05) is 17.7 Å². The number of halogens is 2. The third kappa shape index (κ3) is 3.44. The Morgan fingerprint density at radius 2 is 2.11 bits per heavy atom. The van der Waals surface area contributed by atoms with Crippen LogP contribution in [-0.2, 0) is 17.8 Å². The third-order valence-corrected chi connectivity index (χ3v) is 6.13. The lowest BCUT2D eigenvalue weighted by Gasteiger charge is -2.30. The molecule has 0 saturated carbocycles. The number of benzene rings is 2. The van der Waals surface area contributed by atoms with E-state index in [1.807, 2.05) is 0 Å². The van der Waals surface area contributed by atoms with Gasteiger partial charge in [-0.25, -0.2) is 9.67 Å². The fourth-order valence-corrected chi connectivity index (χ4v) is 4.58. The Bertz CT molecular complexity index is 1650. The van der Waals surface area contributed by atoms with E-state index in [2.05, 4.69) is 30.6 Å². The quantitative estimate of drug-likeness (QED) is 0.468. The van der Waals surface area contributed by atoms with Crippen LogP contribution in [0.4, 0.5) is 14.5 Å². The number of fused-ring (bicyclic) bond motifs is 4. The molecule has 180 valence electrons. The molecule has 2 aliphatic rings. The molecule has 0 unspecified atom stereocenters. The topological polar surface area (TPSA) is 126 Å². The van der Waals surface area contributed by atoms with Crippen molar-refractivity contribution in [3.63, 3.8) is 0 Å². The molecule has 10 nitrogen and oxygen atoms in total. The molecule has 0 aliphatic carbocycles. The Balaban J connectivity index is 1.38. The number of nitrogens with zero attached hydrogens (tertiary/aromatic N) is 5. The standard InChI is InChI=1S/C24H16F2N6O4/c25-24(26)35-17-7-6-16-15(22(17)36-24)5-2-8-31(16)18(33)11-32-23(34)21-20(28-12-29-21)19(30-32)14-4-1-3-13(9-14)10-27/h1,3-4,6-7,9,12H,2,5,8,11H2,(H,28,29). The third-order valence-electron chi connectivity index (χ3n) is 6.13. The Morgan fingerprint density at radius 3 is 2.94 bits per heavy atom. The van der Waals surface area contributed by atoms with Crippen molar-refractivity contribution < 1.29 is 23.0 Å². The summed E-state index contributed by atoms with van der Waals surface area (Å²) in [7, 11) is 0. The summed E-state index contributed by atoms with van der Waals surface area (Å²) in [6.07, 6.45) is -1.47. The highest BCUT2D eigenvalue weighted by Gasteiger charge is 2.45. The molecule has 1 amide bonds. The van der Waals surface area contributed by atoms with Crippen molar-refractivity contribution in [3.05, 3.63) is 64.2 Å². The number of anilines is 1. The molecule has 2 aliphatic heterocycles. The van der Waals surface area contributed by atoms with Crippen LogP contribution in [0.2, 0.25) is 0 Å². The van der Waals surface area contributed by atoms with Crippen LogP contribution in [0, 0.1) is 11.3 Å². The predicted molar refractivity (Wildman–Crippen MR) is 122 cm³/mol. The Hall–Kier alpha value is -4.79. The van der Waals surface area contributed by atoms with Gasteiger partial charge in [-0.3, -0.25) is 9.59 Å². The first-order valence-electron chi connectivity index (χ1n) is 11.0. The number of alkyl halides is 2. The van der Waals surface area contributed by atoms with Gasteiger partial charge >= 0.3 is 6.29 Å². The largest absolute Gasteiger partial charge is 0.586 e. The average molecular weight is 490 g/mol. The summed E-state index contributed by atoms with van der Waals surface area (Å²) in [6, 6.07) is 11.6. The minimum absolute atomic E-state index is 0.0807. The minimum atomic E-state index is -3.76. The number of aromatic nitrogens is 4. The molecule has 4 aromatic rings. The summed E-state index contributed by atoms with van der Waals surface area (Å²) in [5, 5.41) is 13.7. The smallest absolute Gasteiger partial charge is 0.395 e. The van der Waals surface area contributed by atoms with Gasteiger partial charge in [-0.05, 0) is 37.1 Å². The number of nitrogens with one attached hydrogen (secondary N) is 1. The van der Waals surface area contributed by atoms with Crippen LogP contribution in [0.25, 0.3) is 22.3 Å². The number of aromatic amines is 1. The zero-order chi connectivity index (χ0) is 25.0. The molecule has 0 saturated heterocycles. The normalized spacial score (nSPS) is 15.5. The van der Waals surface area contributed by atoms with Crippen molar-refractivity contribution >= 4 is 22.6 Å². The number of carbonyl (C=O) groups is 1. The van der Waals surface area contributed by atoms with Crippen LogP contribution in [0.5, 0.6) is 11.5 Å². The van der Waals surface area contributed by atoms with Crippen molar-refractivity contribution in [1.82, 2.24) is 19.7 Å². The van der Waals surface area contributed by atoms with Crippen LogP contribution in [-0.4, -0.2) is 38.5 Å². The van der Waals surface area contributed by atoms with Crippen LogP contribution in [0.15, 0.2) is 47.5 Å². The van der Waals surface area contributed by atoms with Crippen molar-refractivity contribution in [1.29, 1.82) is 5.26 Å². The fraction of sp³-hybridized carbons (Fsp3) is 0.208. The molecule has 0 spiro atoms. The number of nitriles is 1. The molecule has 12 heteroatoms. The molecule has 36 heavy (non-hydrogen) atoms. The zero-order valence-electron chi connectivity index (χ0n) is 18.5. The van der Waals surface area contributed by atoms with Crippen LogP contribution in [0.1, 0.15) is 17.5 Å². The second-order valence-corrected chi connectivity index (χ2v) is 8.34. The fourth-order valence-electron chi connectivity index (χ4n) is 4.58. The molecular weight excluding hydrogens is 474 g/mol. The van der Waals surface area contributed by atoms with Crippen molar-refractivity contribution in [2.75, 3.05) is 11.4 Å². The highest BCUT2D eigenvalue weighted by Crippen LogP contribution is 2.48. The minimum Gasteiger partial charge on any atom is -0.395 e. The van der Waals surface area contributed by atoms with Crippen LogP contribution in [0.3, 0.4) is 0 Å². The maximum atomic E-state index is 13.6. The number of imidazole rings is 1. The molecule has 4 heterocycles. The van der Waals surface area contributed by atoms with Crippen molar-refractivity contribution in [3.8, 4) is 28.8 Å². The lowest BCUT2D eigenvalue weighted by atomic mass is 10.00. The van der Waals surface area contributed by atoms with Gasteiger partial charge in [0.05, 0.1) is 29.2 Å². The van der Waals surface area contributed by atoms with Gasteiger partial charge in [0.1, 0.15) is 12.2 Å². The van der Waals surface area contributed by atoms with Crippen LogP contribution < -0.4 is 19.9 Å². The second-order valence-electron chi connectivity index (χ2n) is 8.34. The summed E-state index contributed by atoms with van der Waals surface area (Å²) in [5.74, 6) is -0.621. The number of hydrogen-bond donors (Lipinski definition) is 1. The molecule has 0 bridgehead atoms. The molecule has 6 rings (SSSR count). The van der Waals surface area contributed by atoms with E-state index in [-0.39, 0.29) is 17.0 Å². The number of carbonyl (C=O) groups excluding carboxylic acids is 1. The monoisotopic (exact) mass is 490 g/mol. The molecule has 0 fully saturated rings. The molecule has 0 atom stereocenters. The molecule has 1 N–H and O–H groups in total. The first-order valence-corrected chi connectivity index (χ1v) is 11.0. The second kappa shape index (κ2) is 7.88. The lowest BCUT2D eigenvalue weighted by Crippen LogP contribution is -2.40. The van der Waals surface area contributed by atoms with E-state index in [0.29, 0.717) is 53.0 Å². The van der Waals surface area contributed by atoms with Gasteiger partial charge in [0.25, 0.3) is 5.56 Å². The van der Waals surface area contributed by atoms with E-state index in [4.69, 9.17) is 0 Å². The highest BCUT2D eigenvalue weighted by atomic mass is 19.3. The van der Waals surface area contributed by atoms with E-state index < -0.39 is 24.3 Å². The maximum absolute atomic E-state index is 13.6. The summed E-state index contributed by atoms with van der Waals surface area (Å²) in [6.45, 7) is -0.0744. The van der Waals surface area contributed by atoms with Gasteiger partial charge in [-0.15, -0.1) is 8.78 Å². The maximum Gasteiger partial charge on any atom is 0.586 e. The van der Waals surface area contributed by atoms with E-state index in [9.17, 15) is 23.6 Å². The molecule has 2 aromatic carbocycles. The Kier molecular flexibility index (Phi) is 4.75. The van der Waals surface area contributed by atoms with E-state index in [0.717, 1.165) is 4.68 Å². The zero-order valence-corrected chi connectivity index (χ0v) is 18.5. The number of ether oxygens (including phenoxy) is 2. The van der Waals surface area contributed by atoms with Crippen molar-refractivity contribution in [2.24, 2.45) is 0 Å². The summed E-state index contributed by atoms with van der Waals surface area (Å²) < 4.78 is 37.5. The highest BCUT2D eigenvalue weighted by molar-refractivity contribution is 5.95. The number of amides is 1. The lowest BCUT2D eigenvalue weighted by molar-refractivity contribution is -0.286. The van der Waals surface area contributed by atoms with Gasteiger partial charge in [0.15, 0.2) is 17.0 Å². The van der Waals surface area contributed by atoms with Crippen molar-refractivity contribution in [2.45, 2.75) is 25.7 Å². The summed E-state index contributed by atoms with van der Waals surface area (Å²) >= 11 is 0. The van der Waals surface area contributed by atoms with E-state index in [1.54, 1.807) is 24.3 Å². The van der Waals surface area contributed by atoms with Gasteiger partial charge in [-0.1, -0.05) is 12.1 Å². The number of H-pyrrole nitrogens is 1. The predicted octanol–water partition coefficient (Wildman–Crippen LogP) is 2.96.